The molecule has 4 unspecified atom stereocenters. The van der Waals surface area contributed by atoms with Crippen molar-refractivity contribution in [2.75, 3.05) is 0 Å². The molecular formula is C12H16O2. The van der Waals surface area contributed by atoms with Gasteiger partial charge in [0.25, 0.3) is 0 Å². The summed E-state index contributed by atoms with van der Waals surface area (Å²) in [6.07, 6.45) is 5.06. The van der Waals surface area contributed by atoms with E-state index in [1.807, 2.05) is 0 Å². The molecule has 4 saturated carbocycles. The lowest BCUT2D eigenvalue weighted by Crippen LogP contribution is -2.26. The second-order valence-electron chi connectivity index (χ2n) is 5.22. The van der Waals surface area contributed by atoms with E-state index in [2.05, 4.69) is 6.58 Å². The summed E-state index contributed by atoms with van der Waals surface area (Å²) >= 11 is 0. The molecule has 0 N–H and O–H groups in total. The summed E-state index contributed by atoms with van der Waals surface area (Å²) in [6, 6.07) is 0. The minimum absolute atomic E-state index is 0.0288. The number of rotatable bonds is 2. The maximum atomic E-state index is 11.5. The van der Waals surface area contributed by atoms with Gasteiger partial charge in [0.15, 0.2) is 0 Å². The molecule has 0 amide bonds. The molecule has 0 aromatic heterocycles. The van der Waals surface area contributed by atoms with E-state index in [0.29, 0.717) is 17.4 Å². The molecule has 2 nitrogen and oxygen atoms in total. The predicted octanol–water partition coefficient (Wildman–Crippen LogP) is 2.29. The molecule has 0 aromatic rings. The predicted molar refractivity (Wildman–Crippen MR) is 52.6 cm³/mol. The zero-order chi connectivity index (χ0) is 9.92. The van der Waals surface area contributed by atoms with Crippen LogP contribution in [0, 0.1) is 17.8 Å². The Balaban J connectivity index is 1.75. The van der Waals surface area contributed by atoms with Gasteiger partial charge >= 0.3 is 5.97 Å². The molecule has 4 aliphatic carbocycles. The lowest BCUT2D eigenvalue weighted by atomic mass is 9.85. The van der Waals surface area contributed by atoms with Crippen molar-refractivity contribution in [3.8, 4) is 0 Å². The van der Waals surface area contributed by atoms with Gasteiger partial charge in [-0.2, -0.15) is 0 Å². The van der Waals surface area contributed by atoms with Crippen LogP contribution in [0.2, 0.25) is 0 Å². The van der Waals surface area contributed by atoms with Gasteiger partial charge in [0.2, 0.25) is 0 Å². The Kier molecular flexibility index (Phi) is 1.47. The van der Waals surface area contributed by atoms with E-state index in [1.54, 1.807) is 6.92 Å². The molecule has 0 heterocycles. The Hall–Kier alpha value is -0.790. The molecule has 0 saturated heterocycles. The van der Waals surface area contributed by atoms with E-state index < -0.39 is 0 Å². The molecule has 76 valence electrons. The SMILES string of the molecule is C=C(C)C(=O)OC12CC3CCC1C2C3. The molecule has 14 heavy (non-hydrogen) atoms. The van der Waals surface area contributed by atoms with Gasteiger partial charge < -0.3 is 4.74 Å². The van der Waals surface area contributed by atoms with Gasteiger partial charge in [0, 0.05) is 17.4 Å². The summed E-state index contributed by atoms with van der Waals surface area (Å²) in [5, 5.41) is 0. The second-order valence-corrected chi connectivity index (χ2v) is 5.22. The molecule has 0 aliphatic heterocycles. The Labute approximate surface area is 84.3 Å². The molecule has 4 aliphatic rings. The summed E-state index contributed by atoms with van der Waals surface area (Å²) in [7, 11) is 0. The maximum Gasteiger partial charge on any atom is 0.333 e. The fourth-order valence-corrected chi connectivity index (χ4v) is 3.67. The van der Waals surface area contributed by atoms with Crippen LogP contribution in [0.5, 0.6) is 0 Å². The summed E-state index contributed by atoms with van der Waals surface area (Å²) in [6.45, 7) is 5.36. The first kappa shape index (κ1) is 8.51. The zero-order valence-electron chi connectivity index (χ0n) is 8.58. The van der Waals surface area contributed by atoms with Crippen LogP contribution < -0.4 is 0 Å². The fourth-order valence-electron chi connectivity index (χ4n) is 3.67. The van der Waals surface area contributed by atoms with Crippen LogP contribution >= 0.6 is 0 Å². The molecular weight excluding hydrogens is 176 g/mol. The highest BCUT2D eigenvalue weighted by molar-refractivity contribution is 5.87. The van der Waals surface area contributed by atoms with E-state index in [0.717, 1.165) is 12.3 Å². The van der Waals surface area contributed by atoms with Crippen molar-refractivity contribution in [1.82, 2.24) is 0 Å². The second kappa shape index (κ2) is 2.41. The smallest absolute Gasteiger partial charge is 0.333 e. The lowest BCUT2D eigenvalue weighted by Gasteiger charge is -2.25. The third-order valence-corrected chi connectivity index (χ3v) is 4.34. The Morgan fingerprint density at radius 3 is 2.64 bits per heavy atom. The molecule has 0 spiro atoms. The summed E-state index contributed by atoms with van der Waals surface area (Å²) < 4.78 is 5.63. The Bertz CT molecular complexity index is 314. The minimum atomic E-state index is -0.181. The van der Waals surface area contributed by atoms with Crippen LogP contribution in [-0.4, -0.2) is 11.6 Å². The van der Waals surface area contributed by atoms with E-state index in [4.69, 9.17) is 4.74 Å². The first-order valence-electron chi connectivity index (χ1n) is 5.52. The Morgan fingerprint density at radius 2 is 2.21 bits per heavy atom. The van der Waals surface area contributed by atoms with Crippen LogP contribution in [0.15, 0.2) is 12.2 Å². The molecule has 0 radical (unpaired) electrons. The van der Waals surface area contributed by atoms with Crippen LogP contribution in [0.3, 0.4) is 0 Å². The fraction of sp³-hybridized carbons (Fsp3) is 0.750. The topological polar surface area (TPSA) is 26.3 Å². The van der Waals surface area contributed by atoms with Crippen molar-refractivity contribution in [2.24, 2.45) is 17.8 Å². The summed E-state index contributed by atoms with van der Waals surface area (Å²) in [5.41, 5.74) is 0.506. The highest BCUT2D eigenvalue weighted by atomic mass is 16.6. The maximum absolute atomic E-state index is 11.5. The van der Waals surface area contributed by atoms with E-state index in [-0.39, 0.29) is 11.6 Å². The van der Waals surface area contributed by atoms with Crippen LogP contribution in [-0.2, 0) is 9.53 Å². The molecule has 4 atom stereocenters. The van der Waals surface area contributed by atoms with Gasteiger partial charge in [-0.15, -0.1) is 0 Å². The van der Waals surface area contributed by atoms with Crippen molar-refractivity contribution < 1.29 is 9.53 Å². The average molecular weight is 192 g/mol. The van der Waals surface area contributed by atoms with Crippen molar-refractivity contribution in [1.29, 1.82) is 0 Å². The standard InChI is InChI=1S/C12H16O2/c1-7(2)11(13)14-12-6-8-3-4-9(12)10(12)5-8/h8-10H,1,3-6H2,2H3. The van der Waals surface area contributed by atoms with Gasteiger partial charge in [-0.05, 0) is 38.5 Å². The molecule has 4 fully saturated rings. The number of hydrogen-bond donors (Lipinski definition) is 0. The number of carbonyl (C=O) groups is 1. The number of carbonyl (C=O) groups excluding carboxylic acids is 1. The Morgan fingerprint density at radius 1 is 1.43 bits per heavy atom. The quantitative estimate of drug-likeness (QED) is 0.495. The van der Waals surface area contributed by atoms with Crippen LogP contribution in [0.4, 0.5) is 0 Å². The molecule has 2 heteroatoms. The van der Waals surface area contributed by atoms with Gasteiger partial charge in [0.05, 0.1) is 0 Å². The summed E-state index contributed by atoms with van der Waals surface area (Å²) in [4.78, 5) is 11.5. The third-order valence-electron chi connectivity index (χ3n) is 4.34. The van der Waals surface area contributed by atoms with Crippen LogP contribution in [0.1, 0.15) is 32.6 Å². The minimum Gasteiger partial charge on any atom is -0.455 e. The van der Waals surface area contributed by atoms with Crippen molar-refractivity contribution in [3.63, 3.8) is 0 Å². The van der Waals surface area contributed by atoms with Crippen molar-refractivity contribution >= 4 is 5.97 Å². The van der Waals surface area contributed by atoms with Crippen LogP contribution in [0.25, 0.3) is 0 Å². The van der Waals surface area contributed by atoms with Gasteiger partial charge in [-0.3, -0.25) is 0 Å². The highest BCUT2D eigenvalue weighted by Gasteiger charge is 2.73. The monoisotopic (exact) mass is 192 g/mol. The first-order valence-corrected chi connectivity index (χ1v) is 5.52. The number of ether oxygens (including phenoxy) is 1. The normalized spacial score (nSPS) is 47.4. The highest BCUT2D eigenvalue weighted by Crippen LogP contribution is 2.71. The molecule has 0 aromatic carbocycles. The largest absolute Gasteiger partial charge is 0.455 e. The van der Waals surface area contributed by atoms with Gasteiger partial charge in [-0.25, -0.2) is 4.79 Å². The third kappa shape index (κ3) is 0.891. The summed E-state index contributed by atoms with van der Waals surface area (Å²) in [5.74, 6) is 2.04. The lowest BCUT2D eigenvalue weighted by molar-refractivity contribution is -0.148. The van der Waals surface area contributed by atoms with Gasteiger partial charge in [-0.1, -0.05) is 6.58 Å². The number of hydrogen-bond acceptors (Lipinski definition) is 2. The van der Waals surface area contributed by atoms with Crippen molar-refractivity contribution in [2.45, 2.75) is 38.2 Å². The van der Waals surface area contributed by atoms with Gasteiger partial charge in [0.1, 0.15) is 5.60 Å². The van der Waals surface area contributed by atoms with E-state index in [1.165, 1.54) is 19.3 Å². The van der Waals surface area contributed by atoms with E-state index >= 15 is 0 Å². The average Bonchev–Trinajstić information content (AvgIpc) is 2.64. The first-order chi connectivity index (χ1) is 6.63. The van der Waals surface area contributed by atoms with Crippen molar-refractivity contribution in [3.05, 3.63) is 12.2 Å². The number of esters is 1. The molecule has 4 bridgehead atoms. The number of fused-ring (bicyclic) bond motifs is 1. The zero-order valence-corrected chi connectivity index (χ0v) is 8.58. The van der Waals surface area contributed by atoms with E-state index in [9.17, 15) is 4.79 Å². The molecule has 4 rings (SSSR count).